The van der Waals surface area contributed by atoms with Gasteiger partial charge < -0.3 is 24.8 Å². The van der Waals surface area contributed by atoms with Crippen molar-refractivity contribution in [2.45, 2.75) is 69.2 Å². The Hall–Kier alpha value is -1.26. The number of aromatic nitrogens is 4. The van der Waals surface area contributed by atoms with E-state index in [-0.39, 0.29) is 65.0 Å². The first kappa shape index (κ1) is 39.3. The molecule has 2 aromatic carbocycles. The van der Waals surface area contributed by atoms with E-state index in [9.17, 15) is 0 Å². The summed E-state index contributed by atoms with van der Waals surface area (Å²) in [6, 6.07) is 3.51. The standard InChI is InChI=1S/2C10H15.C8H6N4.2ClH.2Ir/c2*1-6-7(2)9(4)10(5)8(6)3;1-3-9-7(10-4-1)8-11-5-2-6-12-8;;;;/h2*1-5H3;1-6H;2*1H;;/q2*-1;;;;2*+3/p-2. The number of hydrogen-bond acceptors (Lipinski definition) is 4. The Balaban J connectivity index is -0.000000433. The van der Waals surface area contributed by atoms with Crippen LogP contribution in [-0.2, 0) is 40.2 Å². The van der Waals surface area contributed by atoms with Gasteiger partial charge in [0.2, 0.25) is 0 Å². The van der Waals surface area contributed by atoms with E-state index in [1.54, 1.807) is 36.9 Å². The maximum atomic E-state index is 4.01. The van der Waals surface area contributed by atoms with Gasteiger partial charge in [-0.2, -0.15) is 55.6 Å². The van der Waals surface area contributed by atoms with Crippen LogP contribution in [-0.4, -0.2) is 19.9 Å². The molecular weight excluding hydrogens is 848 g/mol. The van der Waals surface area contributed by atoms with Crippen LogP contribution in [0.5, 0.6) is 0 Å². The second kappa shape index (κ2) is 18.1. The normalized spacial score (nSPS) is 9.06. The molecule has 0 fully saturated rings. The summed E-state index contributed by atoms with van der Waals surface area (Å²) in [4.78, 5) is 16.1. The smallest absolute Gasteiger partial charge is 1.00 e. The van der Waals surface area contributed by atoms with Gasteiger partial charge in [-0.25, -0.2) is 19.9 Å². The van der Waals surface area contributed by atoms with Gasteiger partial charge in [0.25, 0.3) is 0 Å². The first-order valence-corrected chi connectivity index (χ1v) is 11.0. The predicted octanol–water partition coefficient (Wildman–Crippen LogP) is 0.832. The quantitative estimate of drug-likeness (QED) is 0.267. The molecule has 0 aliphatic heterocycles. The molecule has 0 radical (unpaired) electrons. The van der Waals surface area contributed by atoms with Gasteiger partial charge in [-0.05, 0) is 12.1 Å². The van der Waals surface area contributed by atoms with Crippen LogP contribution in [0.3, 0.4) is 0 Å². The maximum absolute atomic E-state index is 4.01. The molecule has 8 heteroatoms. The van der Waals surface area contributed by atoms with Crippen LogP contribution in [0.15, 0.2) is 36.9 Å². The number of halogens is 2. The number of hydrogen-bond donors (Lipinski definition) is 0. The van der Waals surface area contributed by atoms with E-state index < -0.39 is 0 Å². The van der Waals surface area contributed by atoms with Crippen LogP contribution in [0.2, 0.25) is 0 Å². The van der Waals surface area contributed by atoms with Gasteiger partial charge in [-0.15, -0.1) is 0 Å². The fourth-order valence-corrected chi connectivity index (χ4v) is 3.64. The van der Waals surface area contributed by atoms with Gasteiger partial charge >= 0.3 is 40.2 Å². The molecule has 0 saturated heterocycles. The molecule has 0 unspecified atom stereocenters. The summed E-state index contributed by atoms with van der Waals surface area (Å²) in [6.45, 7) is 22.0. The summed E-state index contributed by atoms with van der Waals surface area (Å²) in [5.74, 6) is 1.11. The summed E-state index contributed by atoms with van der Waals surface area (Å²) in [5, 5.41) is 0. The molecule has 198 valence electrons. The topological polar surface area (TPSA) is 51.6 Å². The van der Waals surface area contributed by atoms with E-state index >= 15 is 0 Å². The average molecular weight is 884 g/mol. The fraction of sp³-hybridized carbons (Fsp3) is 0.357. The van der Waals surface area contributed by atoms with E-state index in [0.717, 1.165) is 0 Å². The second-order valence-corrected chi connectivity index (χ2v) is 8.39. The summed E-state index contributed by atoms with van der Waals surface area (Å²) in [5.41, 5.74) is 14.7. The van der Waals surface area contributed by atoms with Crippen LogP contribution < -0.4 is 24.8 Å². The molecule has 0 atom stereocenters. The molecule has 4 nitrogen and oxygen atoms in total. The van der Waals surface area contributed by atoms with E-state index in [1.807, 2.05) is 0 Å². The fourth-order valence-electron chi connectivity index (χ4n) is 3.64. The predicted molar refractivity (Wildman–Crippen MR) is 134 cm³/mol. The minimum atomic E-state index is 0. The molecule has 0 aliphatic rings. The molecular formula is C28H36Cl2Ir2N4+2. The van der Waals surface area contributed by atoms with Crippen molar-refractivity contribution in [2.75, 3.05) is 0 Å². The molecule has 0 amide bonds. The monoisotopic (exact) mass is 884 g/mol. The van der Waals surface area contributed by atoms with Crippen LogP contribution in [0, 0.1) is 69.2 Å². The van der Waals surface area contributed by atoms with Crippen molar-refractivity contribution in [3.63, 3.8) is 0 Å². The van der Waals surface area contributed by atoms with Crippen molar-refractivity contribution in [3.05, 3.63) is 92.6 Å². The van der Waals surface area contributed by atoms with Crippen molar-refractivity contribution < 1.29 is 65.0 Å². The SMILES string of the molecule is Cc1c(C)c(C)[c-](C)c1C.Cc1c(C)c(C)[c-](C)c1C.[Cl-].[Cl-].[Ir+3].[Ir+3].c1cnc(-c2ncccn2)nc1. The zero-order valence-electron chi connectivity index (χ0n) is 22.7. The Kier molecular flexibility index (Phi) is 19.7. The third-order valence-electron chi connectivity index (χ3n) is 6.96. The number of rotatable bonds is 1. The Labute approximate surface area is 256 Å². The van der Waals surface area contributed by atoms with E-state index in [2.05, 4.69) is 89.2 Å². The second-order valence-electron chi connectivity index (χ2n) is 8.39. The third kappa shape index (κ3) is 9.56. The summed E-state index contributed by atoms with van der Waals surface area (Å²) < 4.78 is 0. The molecule has 0 aliphatic carbocycles. The van der Waals surface area contributed by atoms with Crippen molar-refractivity contribution in [1.29, 1.82) is 0 Å². The summed E-state index contributed by atoms with van der Waals surface area (Å²) >= 11 is 0. The van der Waals surface area contributed by atoms with Gasteiger partial charge in [0.05, 0.1) is 0 Å². The van der Waals surface area contributed by atoms with Crippen molar-refractivity contribution in [1.82, 2.24) is 19.9 Å². The minimum absolute atomic E-state index is 0. The summed E-state index contributed by atoms with van der Waals surface area (Å²) in [7, 11) is 0. The minimum Gasteiger partial charge on any atom is -1.00 e. The van der Waals surface area contributed by atoms with Crippen LogP contribution in [0.4, 0.5) is 0 Å². The Bertz CT molecular complexity index is 918. The largest absolute Gasteiger partial charge is 3.00 e. The zero-order chi connectivity index (χ0) is 24.0. The maximum Gasteiger partial charge on any atom is 3.00 e. The summed E-state index contributed by atoms with van der Waals surface area (Å²) in [6.07, 6.45) is 6.66. The molecule has 36 heavy (non-hydrogen) atoms. The first-order valence-electron chi connectivity index (χ1n) is 11.0. The van der Waals surface area contributed by atoms with Crippen molar-refractivity contribution in [2.24, 2.45) is 0 Å². The average Bonchev–Trinajstić information content (AvgIpc) is 3.11. The molecule has 0 bridgehead atoms. The van der Waals surface area contributed by atoms with Crippen LogP contribution in [0.25, 0.3) is 11.6 Å². The van der Waals surface area contributed by atoms with Crippen LogP contribution >= 0.6 is 0 Å². The van der Waals surface area contributed by atoms with E-state index in [4.69, 9.17) is 0 Å². The van der Waals surface area contributed by atoms with E-state index in [1.165, 1.54) is 55.6 Å². The molecule has 0 saturated carbocycles. The molecule has 0 N–H and O–H groups in total. The molecule has 2 heterocycles. The van der Waals surface area contributed by atoms with Gasteiger partial charge in [-0.1, -0.05) is 69.2 Å². The van der Waals surface area contributed by atoms with Gasteiger partial charge in [0.15, 0.2) is 11.6 Å². The number of nitrogens with zero attached hydrogens (tertiary/aromatic N) is 4. The zero-order valence-corrected chi connectivity index (χ0v) is 29.0. The van der Waals surface area contributed by atoms with Gasteiger partial charge in [0.1, 0.15) is 0 Å². The third-order valence-corrected chi connectivity index (χ3v) is 6.96. The van der Waals surface area contributed by atoms with Crippen molar-refractivity contribution >= 4 is 0 Å². The van der Waals surface area contributed by atoms with E-state index in [0.29, 0.717) is 11.6 Å². The van der Waals surface area contributed by atoms with Gasteiger partial charge in [0, 0.05) is 24.8 Å². The Morgan fingerprint density at radius 2 is 0.639 bits per heavy atom. The molecule has 0 spiro atoms. The molecule has 4 aromatic rings. The van der Waals surface area contributed by atoms with Crippen LogP contribution in [0.1, 0.15) is 55.6 Å². The Morgan fingerprint density at radius 1 is 0.444 bits per heavy atom. The van der Waals surface area contributed by atoms with Gasteiger partial charge in [-0.3, -0.25) is 0 Å². The van der Waals surface area contributed by atoms with Crippen molar-refractivity contribution in [3.8, 4) is 11.6 Å². The molecule has 2 aromatic heterocycles. The molecule has 4 rings (SSSR count). The first-order chi connectivity index (χ1) is 15.1. The Morgan fingerprint density at radius 3 is 0.778 bits per heavy atom.